The number of hydrogen-bond acceptors (Lipinski definition) is 7. The summed E-state index contributed by atoms with van der Waals surface area (Å²) in [7, 11) is 0. The van der Waals surface area contributed by atoms with E-state index in [4.69, 9.17) is 9.26 Å². The van der Waals surface area contributed by atoms with Gasteiger partial charge in [0.15, 0.2) is 0 Å². The smallest absolute Gasteiger partial charge is 0.361 e. The highest BCUT2D eigenvalue weighted by atomic mass is 16.5. The van der Waals surface area contributed by atoms with E-state index in [0.717, 1.165) is 16.8 Å². The molecule has 1 N–H and O–H groups in total. The Kier molecular flexibility index (Phi) is 3.92. The molecule has 0 aliphatic carbocycles. The number of esters is 1. The summed E-state index contributed by atoms with van der Waals surface area (Å²) in [6.45, 7) is 6.02. The zero-order valence-corrected chi connectivity index (χ0v) is 13.1. The number of rotatable bonds is 4. The van der Waals surface area contributed by atoms with Crippen LogP contribution >= 0.6 is 0 Å². The average molecular weight is 312 g/mol. The van der Waals surface area contributed by atoms with Crippen molar-refractivity contribution in [1.82, 2.24) is 15.1 Å². The van der Waals surface area contributed by atoms with Gasteiger partial charge in [0, 0.05) is 5.69 Å². The second-order valence-corrected chi connectivity index (χ2v) is 5.03. The van der Waals surface area contributed by atoms with Crippen molar-refractivity contribution in [2.75, 3.05) is 11.9 Å². The van der Waals surface area contributed by atoms with E-state index in [-0.39, 0.29) is 18.0 Å². The number of benzene rings is 1. The van der Waals surface area contributed by atoms with E-state index in [2.05, 4.69) is 20.4 Å². The van der Waals surface area contributed by atoms with E-state index in [1.54, 1.807) is 6.92 Å². The van der Waals surface area contributed by atoms with Gasteiger partial charge in [0.25, 0.3) is 5.71 Å². The van der Waals surface area contributed by atoms with Gasteiger partial charge >= 0.3 is 5.97 Å². The SMILES string of the molecule is CCOC(=O)c1noc2ncnc(Nc3cccc(C)c3C)c12. The van der Waals surface area contributed by atoms with E-state index in [9.17, 15) is 4.79 Å². The van der Waals surface area contributed by atoms with Crippen LogP contribution in [0.2, 0.25) is 0 Å². The Bertz CT molecular complexity index is 873. The highest BCUT2D eigenvalue weighted by molar-refractivity contribution is 6.05. The highest BCUT2D eigenvalue weighted by Gasteiger charge is 2.22. The monoisotopic (exact) mass is 312 g/mol. The number of carbonyl (C=O) groups excluding carboxylic acids is 1. The van der Waals surface area contributed by atoms with Crippen molar-refractivity contribution in [3.8, 4) is 0 Å². The van der Waals surface area contributed by atoms with E-state index in [1.807, 2.05) is 32.0 Å². The Balaban J connectivity index is 2.09. The molecule has 0 fully saturated rings. The van der Waals surface area contributed by atoms with Gasteiger partial charge in [-0.1, -0.05) is 17.3 Å². The average Bonchev–Trinajstić information content (AvgIpc) is 2.97. The van der Waals surface area contributed by atoms with Crippen LogP contribution in [0, 0.1) is 13.8 Å². The van der Waals surface area contributed by atoms with Crippen LogP contribution in [0.25, 0.3) is 11.1 Å². The molecule has 118 valence electrons. The summed E-state index contributed by atoms with van der Waals surface area (Å²) in [6.07, 6.45) is 1.36. The Morgan fingerprint density at radius 2 is 2.13 bits per heavy atom. The summed E-state index contributed by atoms with van der Waals surface area (Å²) >= 11 is 0. The Morgan fingerprint density at radius 3 is 2.91 bits per heavy atom. The van der Waals surface area contributed by atoms with Gasteiger partial charge in [0.05, 0.1) is 6.61 Å². The van der Waals surface area contributed by atoms with Gasteiger partial charge in [-0.15, -0.1) is 0 Å². The number of carbonyl (C=O) groups is 1. The van der Waals surface area contributed by atoms with Crippen molar-refractivity contribution in [3.05, 3.63) is 41.3 Å². The molecule has 3 rings (SSSR count). The molecule has 2 heterocycles. The van der Waals surface area contributed by atoms with Crippen molar-refractivity contribution >= 4 is 28.6 Å². The molecule has 0 atom stereocenters. The van der Waals surface area contributed by atoms with E-state index >= 15 is 0 Å². The number of ether oxygens (including phenoxy) is 1. The molecule has 0 bridgehead atoms. The number of fused-ring (bicyclic) bond motifs is 1. The van der Waals surface area contributed by atoms with Crippen LogP contribution in [-0.4, -0.2) is 27.7 Å². The van der Waals surface area contributed by atoms with Crippen molar-refractivity contribution in [1.29, 1.82) is 0 Å². The predicted octanol–water partition coefficient (Wildman–Crippen LogP) is 3.15. The maximum atomic E-state index is 12.0. The summed E-state index contributed by atoms with van der Waals surface area (Å²) < 4.78 is 10.1. The molecule has 23 heavy (non-hydrogen) atoms. The molecule has 0 unspecified atom stereocenters. The van der Waals surface area contributed by atoms with Crippen molar-refractivity contribution in [3.63, 3.8) is 0 Å². The van der Waals surface area contributed by atoms with Gasteiger partial charge < -0.3 is 14.6 Å². The lowest BCUT2D eigenvalue weighted by atomic mass is 10.1. The third kappa shape index (κ3) is 2.73. The fraction of sp³-hybridized carbons (Fsp3) is 0.250. The summed E-state index contributed by atoms with van der Waals surface area (Å²) in [4.78, 5) is 20.2. The molecule has 0 saturated carbocycles. The Labute approximate surface area is 132 Å². The van der Waals surface area contributed by atoms with Crippen LogP contribution < -0.4 is 5.32 Å². The number of nitrogens with zero attached hydrogens (tertiary/aromatic N) is 3. The first-order valence-electron chi connectivity index (χ1n) is 7.22. The number of hydrogen-bond donors (Lipinski definition) is 1. The van der Waals surface area contributed by atoms with Crippen LogP contribution in [0.5, 0.6) is 0 Å². The quantitative estimate of drug-likeness (QED) is 0.740. The second kappa shape index (κ2) is 6.04. The fourth-order valence-electron chi connectivity index (χ4n) is 2.23. The molecule has 0 spiro atoms. The minimum absolute atomic E-state index is 0.0651. The number of aromatic nitrogens is 3. The minimum atomic E-state index is -0.565. The van der Waals surface area contributed by atoms with Gasteiger partial charge in [-0.2, -0.15) is 4.98 Å². The van der Waals surface area contributed by atoms with Gasteiger partial charge in [-0.25, -0.2) is 9.78 Å². The summed E-state index contributed by atoms with van der Waals surface area (Å²) in [5, 5.41) is 7.39. The maximum absolute atomic E-state index is 12.0. The molecule has 0 aliphatic heterocycles. The maximum Gasteiger partial charge on any atom is 0.361 e. The second-order valence-electron chi connectivity index (χ2n) is 5.03. The van der Waals surface area contributed by atoms with Crippen LogP contribution in [0.3, 0.4) is 0 Å². The lowest BCUT2D eigenvalue weighted by Gasteiger charge is -2.11. The van der Waals surface area contributed by atoms with Crippen LogP contribution in [0.4, 0.5) is 11.5 Å². The van der Waals surface area contributed by atoms with E-state index in [1.165, 1.54) is 6.33 Å². The lowest BCUT2D eigenvalue weighted by molar-refractivity contribution is 0.0517. The number of aryl methyl sites for hydroxylation is 1. The van der Waals surface area contributed by atoms with Crippen molar-refractivity contribution in [2.45, 2.75) is 20.8 Å². The molecular weight excluding hydrogens is 296 g/mol. The van der Waals surface area contributed by atoms with Crippen LogP contribution in [0.1, 0.15) is 28.5 Å². The molecule has 7 heteroatoms. The molecule has 0 radical (unpaired) electrons. The van der Waals surface area contributed by atoms with E-state index in [0.29, 0.717) is 11.2 Å². The van der Waals surface area contributed by atoms with Gasteiger partial charge in [-0.05, 0) is 38.0 Å². The molecular formula is C16H16N4O3. The van der Waals surface area contributed by atoms with Gasteiger partial charge in [0.1, 0.15) is 17.5 Å². The first-order valence-corrected chi connectivity index (χ1v) is 7.22. The predicted molar refractivity (Wildman–Crippen MR) is 84.8 cm³/mol. The zero-order valence-electron chi connectivity index (χ0n) is 13.1. The number of nitrogens with one attached hydrogen (secondary N) is 1. The largest absolute Gasteiger partial charge is 0.461 e. The van der Waals surface area contributed by atoms with E-state index < -0.39 is 5.97 Å². The zero-order chi connectivity index (χ0) is 16.4. The van der Waals surface area contributed by atoms with Gasteiger partial charge in [0.2, 0.25) is 5.69 Å². The topological polar surface area (TPSA) is 90.1 Å². The lowest BCUT2D eigenvalue weighted by Crippen LogP contribution is -2.07. The summed E-state index contributed by atoms with van der Waals surface area (Å²) in [5.74, 6) is -0.113. The Hall–Kier alpha value is -2.96. The summed E-state index contributed by atoms with van der Waals surface area (Å²) in [5.41, 5.74) is 3.43. The Morgan fingerprint density at radius 1 is 1.30 bits per heavy atom. The van der Waals surface area contributed by atoms with Crippen LogP contribution in [0.15, 0.2) is 29.0 Å². The fourth-order valence-corrected chi connectivity index (χ4v) is 2.23. The van der Waals surface area contributed by atoms with Crippen molar-refractivity contribution in [2.24, 2.45) is 0 Å². The standard InChI is InChI=1S/C16H16N4O3/c1-4-22-16(21)13-12-14(17-8-18-15(12)23-20-13)19-11-7-5-6-9(2)10(11)3/h5-8H,4H2,1-3H3,(H,17,18,19). The third-order valence-electron chi connectivity index (χ3n) is 3.60. The summed E-state index contributed by atoms with van der Waals surface area (Å²) in [6, 6.07) is 5.91. The molecule has 3 aromatic rings. The first-order chi connectivity index (χ1) is 11.1. The van der Waals surface area contributed by atoms with Gasteiger partial charge in [-0.3, -0.25) is 0 Å². The molecule has 1 aromatic carbocycles. The van der Waals surface area contributed by atoms with Crippen LogP contribution in [-0.2, 0) is 4.74 Å². The minimum Gasteiger partial charge on any atom is -0.461 e. The normalized spacial score (nSPS) is 10.7. The third-order valence-corrected chi connectivity index (χ3v) is 3.60. The molecule has 0 aliphatic rings. The number of anilines is 2. The molecule has 0 saturated heterocycles. The molecule has 2 aromatic heterocycles. The first kappa shape index (κ1) is 15.0. The van der Waals surface area contributed by atoms with Crippen molar-refractivity contribution < 1.29 is 14.1 Å². The molecule has 7 nitrogen and oxygen atoms in total. The molecule has 0 amide bonds. The highest BCUT2D eigenvalue weighted by Crippen LogP contribution is 2.28.